The third-order valence-corrected chi connectivity index (χ3v) is 3.50. The molecule has 7 nitrogen and oxygen atoms in total. The minimum atomic E-state index is -0.589. The average Bonchev–Trinajstić information content (AvgIpc) is 2.94. The van der Waals surface area contributed by atoms with E-state index in [9.17, 15) is 9.18 Å². The third-order valence-electron chi connectivity index (χ3n) is 3.50. The molecular formula is C13H14FN5O2. The van der Waals surface area contributed by atoms with Crippen LogP contribution in [0.2, 0.25) is 0 Å². The number of anilines is 2. The van der Waals surface area contributed by atoms with Crippen LogP contribution in [0.1, 0.15) is 16.2 Å². The summed E-state index contributed by atoms with van der Waals surface area (Å²) in [7, 11) is 1.26. The van der Waals surface area contributed by atoms with E-state index in [1.807, 2.05) is 4.57 Å². The van der Waals surface area contributed by atoms with Gasteiger partial charge in [0.15, 0.2) is 5.82 Å². The molecule has 0 fully saturated rings. The van der Waals surface area contributed by atoms with Crippen molar-refractivity contribution in [3.05, 3.63) is 35.7 Å². The number of nitrogens with zero attached hydrogens (tertiary/aromatic N) is 4. The number of halogens is 1. The largest absolute Gasteiger partial charge is 0.465 e. The Balaban J connectivity index is 1.97. The van der Waals surface area contributed by atoms with Crippen LogP contribution in [0.3, 0.4) is 0 Å². The molecule has 0 radical (unpaired) electrons. The van der Waals surface area contributed by atoms with Crippen molar-refractivity contribution in [1.29, 1.82) is 0 Å². The molecule has 0 spiro atoms. The van der Waals surface area contributed by atoms with E-state index in [1.54, 1.807) is 11.2 Å². The maximum Gasteiger partial charge on any atom is 0.340 e. The number of nitrogens with two attached hydrogens (primary N) is 1. The summed E-state index contributed by atoms with van der Waals surface area (Å²) in [5.74, 6) is -0.320. The van der Waals surface area contributed by atoms with E-state index in [-0.39, 0.29) is 11.3 Å². The number of carbonyl (C=O) groups is 1. The lowest BCUT2D eigenvalue weighted by molar-refractivity contribution is 0.0602. The second-order valence-corrected chi connectivity index (χ2v) is 4.74. The van der Waals surface area contributed by atoms with E-state index in [0.29, 0.717) is 25.3 Å². The normalized spacial score (nSPS) is 13.9. The standard InChI is InChI=1S/C13H14FN5O2/c1-21-13(20)8-4-11(9(14)5-10(8)15)18-2-3-19-7-16-17-12(19)6-18/h4-5,7H,2-3,6,15H2,1H3. The molecule has 0 bridgehead atoms. The van der Waals surface area contributed by atoms with Gasteiger partial charge in [0.25, 0.3) is 0 Å². The molecule has 0 unspecified atom stereocenters. The number of nitrogen functional groups attached to an aromatic ring is 1. The summed E-state index contributed by atoms with van der Waals surface area (Å²) in [5.41, 5.74) is 6.19. The number of aromatic nitrogens is 3. The molecule has 8 heteroatoms. The predicted molar refractivity (Wildman–Crippen MR) is 73.2 cm³/mol. The maximum absolute atomic E-state index is 14.2. The van der Waals surface area contributed by atoms with Gasteiger partial charge in [0.05, 0.1) is 24.9 Å². The van der Waals surface area contributed by atoms with Gasteiger partial charge in [-0.3, -0.25) is 0 Å². The molecule has 2 aromatic rings. The number of fused-ring (bicyclic) bond motifs is 1. The van der Waals surface area contributed by atoms with Crippen molar-refractivity contribution in [3.63, 3.8) is 0 Å². The van der Waals surface area contributed by atoms with Crippen LogP contribution in [0.25, 0.3) is 0 Å². The number of ether oxygens (including phenoxy) is 1. The molecule has 3 rings (SSSR count). The van der Waals surface area contributed by atoms with E-state index in [4.69, 9.17) is 5.73 Å². The molecule has 1 aromatic heterocycles. The van der Waals surface area contributed by atoms with Gasteiger partial charge in [-0.25, -0.2) is 9.18 Å². The minimum absolute atomic E-state index is 0.0586. The average molecular weight is 291 g/mol. The summed E-state index contributed by atoms with van der Waals surface area (Å²) in [6.45, 7) is 1.66. The predicted octanol–water partition coefficient (Wildman–Crippen LogP) is 0.806. The number of esters is 1. The fourth-order valence-corrected chi connectivity index (χ4v) is 2.38. The highest BCUT2D eigenvalue weighted by Gasteiger charge is 2.23. The van der Waals surface area contributed by atoms with E-state index in [1.165, 1.54) is 13.2 Å². The first-order valence-corrected chi connectivity index (χ1v) is 6.39. The van der Waals surface area contributed by atoms with Crippen molar-refractivity contribution in [3.8, 4) is 0 Å². The topological polar surface area (TPSA) is 86.3 Å². The zero-order chi connectivity index (χ0) is 15.0. The molecule has 2 heterocycles. The Kier molecular flexibility index (Phi) is 3.20. The Bertz CT molecular complexity index is 700. The van der Waals surface area contributed by atoms with Crippen molar-refractivity contribution in [2.75, 3.05) is 24.3 Å². The monoisotopic (exact) mass is 291 g/mol. The van der Waals surface area contributed by atoms with Gasteiger partial charge in [0.2, 0.25) is 0 Å². The quantitative estimate of drug-likeness (QED) is 0.651. The SMILES string of the molecule is COC(=O)c1cc(N2CCn3cnnc3C2)c(F)cc1N. The fourth-order valence-electron chi connectivity index (χ4n) is 2.38. The number of hydrogen-bond donors (Lipinski definition) is 1. The second kappa shape index (κ2) is 5.04. The first kappa shape index (κ1) is 13.3. The molecule has 21 heavy (non-hydrogen) atoms. The number of rotatable bonds is 2. The number of benzene rings is 1. The number of carbonyl (C=O) groups excluding carboxylic acids is 1. The van der Waals surface area contributed by atoms with E-state index in [0.717, 1.165) is 11.9 Å². The first-order valence-electron chi connectivity index (χ1n) is 6.39. The van der Waals surface area contributed by atoms with Crippen LogP contribution in [0.5, 0.6) is 0 Å². The summed E-state index contributed by atoms with van der Waals surface area (Å²) < 4.78 is 20.7. The molecule has 0 saturated heterocycles. The van der Waals surface area contributed by atoms with Gasteiger partial charge in [-0.1, -0.05) is 0 Å². The zero-order valence-electron chi connectivity index (χ0n) is 11.4. The summed E-state index contributed by atoms with van der Waals surface area (Å²) >= 11 is 0. The van der Waals surface area contributed by atoms with Crippen LogP contribution in [-0.4, -0.2) is 34.4 Å². The van der Waals surface area contributed by atoms with Gasteiger partial charge in [0.1, 0.15) is 12.1 Å². The molecule has 1 aliphatic rings. The summed E-state index contributed by atoms with van der Waals surface area (Å²) in [5, 5.41) is 7.81. The highest BCUT2D eigenvalue weighted by atomic mass is 19.1. The molecule has 2 N–H and O–H groups in total. The van der Waals surface area contributed by atoms with Crippen molar-refractivity contribution in [1.82, 2.24) is 14.8 Å². The highest BCUT2D eigenvalue weighted by molar-refractivity contribution is 5.96. The molecule has 1 aliphatic heterocycles. The molecule has 110 valence electrons. The number of methoxy groups -OCH3 is 1. The van der Waals surface area contributed by atoms with Crippen LogP contribution in [-0.2, 0) is 17.8 Å². The lowest BCUT2D eigenvalue weighted by atomic mass is 10.1. The Hall–Kier alpha value is -2.64. The zero-order valence-corrected chi connectivity index (χ0v) is 11.4. The Morgan fingerprint density at radius 1 is 1.43 bits per heavy atom. The van der Waals surface area contributed by atoms with E-state index < -0.39 is 11.8 Å². The molecule has 0 atom stereocenters. The summed E-state index contributed by atoms with van der Waals surface area (Å²) in [4.78, 5) is 13.5. The summed E-state index contributed by atoms with van der Waals surface area (Å²) in [6.07, 6.45) is 1.64. The van der Waals surface area contributed by atoms with Crippen LogP contribution >= 0.6 is 0 Å². The highest BCUT2D eigenvalue weighted by Crippen LogP contribution is 2.28. The Morgan fingerprint density at radius 2 is 2.24 bits per heavy atom. The molecule has 0 amide bonds. The van der Waals surface area contributed by atoms with Gasteiger partial charge in [0, 0.05) is 18.8 Å². The van der Waals surface area contributed by atoms with Gasteiger partial charge >= 0.3 is 5.97 Å². The van der Waals surface area contributed by atoms with Gasteiger partial charge in [-0.2, -0.15) is 0 Å². The molecule has 0 aliphatic carbocycles. The van der Waals surface area contributed by atoms with Gasteiger partial charge < -0.3 is 19.9 Å². The molecular weight excluding hydrogens is 277 g/mol. The van der Waals surface area contributed by atoms with Gasteiger partial charge in [-0.15, -0.1) is 10.2 Å². The molecule has 1 aromatic carbocycles. The Labute approximate surface area is 120 Å². The van der Waals surface area contributed by atoms with Crippen molar-refractivity contribution < 1.29 is 13.9 Å². The fraction of sp³-hybridized carbons (Fsp3) is 0.308. The van der Waals surface area contributed by atoms with Crippen LogP contribution < -0.4 is 10.6 Å². The maximum atomic E-state index is 14.2. The van der Waals surface area contributed by atoms with Crippen LogP contribution in [0.15, 0.2) is 18.5 Å². The second-order valence-electron chi connectivity index (χ2n) is 4.74. The third kappa shape index (κ3) is 2.28. The smallest absolute Gasteiger partial charge is 0.340 e. The number of hydrogen-bond acceptors (Lipinski definition) is 6. The van der Waals surface area contributed by atoms with Crippen molar-refractivity contribution in [2.24, 2.45) is 0 Å². The Morgan fingerprint density at radius 3 is 3.00 bits per heavy atom. The molecule has 0 saturated carbocycles. The van der Waals surface area contributed by atoms with E-state index in [2.05, 4.69) is 14.9 Å². The van der Waals surface area contributed by atoms with Crippen molar-refractivity contribution >= 4 is 17.3 Å². The lowest BCUT2D eigenvalue weighted by Crippen LogP contribution is -2.34. The lowest BCUT2D eigenvalue weighted by Gasteiger charge is -2.29. The first-order chi connectivity index (χ1) is 10.1. The van der Waals surface area contributed by atoms with Crippen LogP contribution in [0.4, 0.5) is 15.8 Å². The van der Waals surface area contributed by atoms with E-state index >= 15 is 0 Å². The van der Waals surface area contributed by atoms with Gasteiger partial charge in [-0.05, 0) is 12.1 Å². The van der Waals surface area contributed by atoms with Crippen LogP contribution in [0, 0.1) is 5.82 Å². The minimum Gasteiger partial charge on any atom is -0.465 e. The van der Waals surface area contributed by atoms with Crippen molar-refractivity contribution in [2.45, 2.75) is 13.1 Å². The summed E-state index contributed by atoms with van der Waals surface area (Å²) in [6, 6.07) is 2.56.